The second kappa shape index (κ2) is 4.24. The highest BCUT2D eigenvalue weighted by molar-refractivity contribution is 4.92. The molecular formula is C9H17N5O. The number of aromatic nitrogens is 4. The van der Waals surface area contributed by atoms with Gasteiger partial charge in [-0.15, -0.1) is 5.10 Å². The van der Waals surface area contributed by atoms with Crippen LogP contribution in [-0.4, -0.2) is 40.0 Å². The van der Waals surface area contributed by atoms with Crippen molar-refractivity contribution in [3.63, 3.8) is 0 Å². The van der Waals surface area contributed by atoms with E-state index >= 15 is 0 Å². The average Bonchev–Trinajstić information content (AvgIpc) is 2.84. The smallest absolute Gasteiger partial charge is 0.165 e. The van der Waals surface area contributed by atoms with Crippen molar-refractivity contribution in [1.82, 2.24) is 25.5 Å². The molecule has 0 spiro atoms. The molecule has 1 aromatic rings. The Morgan fingerprint density at radius 3 is 3.13 bits per heavy atom. The molecule has 1 aliphatic heterocycles. The van der Waals surface area contributed by atoms with Crippen LogP contribution in [0.3, 0.4) is 0 Å². The van der Waals surface area contributed by atoms with Crippen molar-refractivity contribution >= 4 is 0 Å². The molecule has 2 heterocycles. The molecule has 1 unspecified atom stereocenters. The van der Waals surface area contributed by atoms with E-state index < -0.39 is 0 Å². The first-order valence-electron chi connectivity index (χ1n) is 5.32. The fraction of sp³-hybridized carbons (Fsp3) is 0.889. The standard InChI is InChI=1S/C9H17N5O/c1-3-10-6-8-11-12-13-14(8)9(2)4-5-15-7-9/h10H,3-7H2,1-2H3. The molecule has 2 rings (SSSR count). The Morgan fingerprint density at radius 2 is 2.47 bits per heavy atom. The molecule has 6 nitrogen and oxygen atoms in total. The van der Waals surface area contributed by atoms with Crippen molar-refractivity contribution in [2.45, 2.75) is 32.4 Å². The molecule has 1 fully saturated rings. The quantitative estimate of drug-likeness (QED) is 0.754. The van der Waals surface area contributed by atoms with Crippen LogP contribution in [-0.2, 0) is 16.8 Å². The molecular weight excluding hydrogens is 194 g/mol. The van der Waals surface area contributed by atoms with E-state index in [4.69, 9.17) is 4.74 Å². The lowest BCUT2D eigenvalue weighted by atomic mass is 10.0. The molecule has 0 saturated carbocycles. The lowest BCUT2D eigenvalue weighted by Gasteiger charge is -2.22. The molecule has 15 heavy (non-hydrogen) atoms. The minimum atomic E-state index is -0.0751. The van der Waals surface area contributed by atoms with Crippen LogP contribution < -0.4 is 5.32 Å². The van der Waals surface area contributed by atoms with Crippen LogP contribution in [0.2, 0.25) is 0 Å². The zero-order chi connectivity index (χ0) is 10.7. The molecule has 0 amide bonds. The van der Waals surface area contributed by atoms with E-state index in [-0.39, 0.29) is 5.54 Å². The molecule has 0 radical (unpaired) electrons. The number of tetrazole rings is 1. The third kappa shape index (κ3) is 2.00. The minimum absolute atomic E-state index is 0.0751. The molecule has 1 aromatic heterocycles. The van der Waals surface area contributed by atoms with Gasteiger partial charge in [0, 0.05) is 6.61 Å². The molecule has 0 aromatic carbocycles. The first-order chi connectivity index (χ1) is 7.26. The minimum Gasteiger partial charge on any atom is -0.379 e. The van der Waals surface area contributed by atoms with Crippen LogP contribution in [0.5, 0.6) is 0 Å². The van der Waals surface area contributed by atoms with Gasteiger partial charge in [0.05, 0.1) is 18.7 Å². The summed E-state index contributed by atoms with van der Waals surface area (Å²) in [5.74, 6) is 0.879. The van der Waals surface area contributed by atoms with Crippen molar-refractivity contribution in [2.75, 3.05) is 19.8 Å². The maximum Gasteiger partial charge on any atom is 0.165 e. The number of hydrogen-bond donors (Lipinski definition) is 1. The highest BCUT2D eigenvalue weighted by atomic mass is 16.5. The average molecular weight is 211 g/mol. The summed E-state index contributed by atoms with van der Waals surface area (Å²) in [5, 5.41) is 15.0. The maximum atomic E-state index is 5.41. The summed E-state index contributed by atoms with van der Waals surface area (Å²) in [7, 11) is 0. The second-order valence-electron chi connectivity index (χ2n) is 4.09. The first kappa shape index (κ1) is 10.5. The monoisotopic (exact) mass is 211 g/mol. The molecule has 6 heteroatoms. The lowest BCUT2D eigenvalue weighted by molar-refractivity contribution is 0.152. The highest BCUT2D eigenvalue weighted by Crippen LogP contribution is 2.26. The summed E-state index contributed by atoms with van der Waals surface area (Å²) in [6.45, 7) is 7.30. The van der Waals surface area contributed by atoms with E-state index in [9.17, 15) is 0 Å². The van der Waals surface area contributed by atoms with Crippen molar-refractivity contribution in [1.29, 1.82) is 0 Å². The number of nitrogens with one attached hydrogen (secondary N) is 1. The highest BCUT2D eigenvalue weighted by Gasteiger charge is 2.34. The van der Waals surface area contributed by atoms with Gasteiger partial charge in [0.25, 0.3) is 0 Å². The predicted octanol–water partition coefficient (Wildman–Crippen LogP) is -0.0819. The molecule has 84 valence electrons. The van der Waals surface area contributed by atoms with Crippen molar-refractivity contribution in [2.24, 2.45) is 0 Å². The molecule has 1 N–H and O–H groups in total. The fourth-order valence-corrected chi connectivity index (χ4v) is 1.80. The van der Waals surface area contributed by atoms with Gasteiger partial charge >= 0.3 is 0 Å². The summed E-state index contributed by atoms with van der Waals surface area (Å²) < 4.78 is 7.30. The van der Waals surface area contributed by atoms with Gasteiger partial charge in [-0.25, -0.2) is 4.68 Å². The number of ether oxygens (including phenoxy) is 1. The van der Waals surface area contributed by atoms with Gasteiger partial charge in [0.1, 0.15) is 0 Å². The van der Waals surface area contributed by atoms with Crippen molar-refractivity contribution < 1.29 is 4.74 Å². The Kier molecular flexibility index (Phi) is 2.97. The van der Waals surface area contributed by atoms with Gasteiger partial charge in [-0.1, -0.05) is 6.92 Å². The third-order valence-corrected chi connectivity index (χ3v) is 2.78. The van der Waals surface area contributed by atoms with Crippen molar-refractivity contribution in [3.05, 3.63) is 5.82 Å². The Labute approximate surface area is 89.0 Å². The van der Waals surface area contributed by atoms with Gasteiger partial charge < -0.3 is 10.1 Å². The lowest BCUT2D eigenvalue weighted by Crippen LogP contribution is -2.34. The molecule has 0 bridgehead atoms. The zero-order valence-corrected chi connectivity index (χ0v) is 9.23. The summed E-state index contributed by atoms with van der Waals surface area (Å²) in [5.41, 5.74) is -0.0751. The van der Waals surface area contributed by atoms with E-state index in [2.05, 4.69) is 34.7 Å². The normalized spacial score (nSPS) is 26.0. The molecule has 0 aliphatic carbocycles. The van der Waals surface area contributed by atoms with Gasteiger partial charge in [-0.3, -0.25) is 0 Å². The Hall–Kier alpha value is -1.01. The summed E-state index contributed by atoms with van der Waals surface area (Å²) in [6, 6.07) is 0. The van der Waals surface area contributed by atoms with Crippen LogP contribution in [0.4, 0.5) is 0 Å². The van der Waals surface area contributed by atoms with Crippen molar-refractivity contribution in [3.8, 4) is 0 Å². The number of rotatable bonds is 4. The van der Waals surface area contributed by atoms with Crippen LogP contribution in [0.15, 0.2) is 0 Å². The molecule has 1 atom stereocenters. The second-order valence-corrected chi connectivity index (χ2v) is 4.09. The van der Waals surface area contributed by atoms with Crippen LogP contribution >= 0.6 is 0 Å². The summed E-state index contributed by atoms with van der Waals surface area (Å²) in [4.78, 5) is 0. The third-order valence-electron chi connectivity index (χ3n) is 2.78. The summed E-state index contributed by atoms with van der Waals surface area (Å²) in [6.07, 6.45) is 0.969. The SMILES string of the molecule is CCNCc1nnnn1C1(C)CCOC1. The van der Waals surface area contributed by atoms with E-state index in [1.54, 1.807) is 0 Å². The molecule has 1 aliphatic rings. The Bertz CT molecular complexity index is 318. The zero-order valence-electron chi connectivity index (χ0n) is 9.23. The van der Waals surface area contributed by atoms with Gasteiger partial charge in [-0.05, 0) is 30.3 Å². The van der Waals surface area contributed by atoms with E-state index in [1.165, 1.54) is 0 Å². The first-order valence-corrected chi connectivity index (χ1v) is 5.32. The topological polar surface area (TPSA) is 64.9 Å². The van der Waals surface area contributed by atoms with E-state index in [1.807, 2.05) is 4.68 Å². The number of hydrogen-bond acceptors (Lipinski definition) is 5. The number of nitrogens with zero attached hydrogens (tertiary/aromatic N) is 4. The fourth-order valence-electron chi connectivity index (χ4n) is 1.80. The maximum absolute atomic E-state index is 5.41. The van der Waals surface area contributed by atoms with Gasteiger partial charge in [0.15, 0.2) is 5.82 Å². The van der Waals surface area contributed by atoms with E-state index in [0.717, 1.165) is 25.4 Å². The van der Waals surface area contributed by atoms with Crippen LogP contribution in [0, 0.1) is 0 Å². The summed E-state index contributed by atoms with van der Waals surface area (Å²) >= 11 is 0. The Morgan fingerprint density at radius 1 is 1.60 bits per heavy atom. The van der Waals surface area contributed by atoms with Crippen LogP contribution in [0.1, 0.15) is 26.1 Å². The molecule has 1 saturated heterocycles. The van der Waals surface area contributed by atoms with Gasteiger partial charge in [0.2, 0.25) is 0 Å². The van der Waals surface area contributed by atoms with Gasteiger partial charge in [-0.2, -0.15) is 0 Å². The van der Waals surface area contributed by atoms with Crippen LogP contribution in [0.25, 0.3) is 0 Å². The predicted molar refractivity (Wildman–Crippen MR) is 54.3 cm³/mol. The van der Waals surface area contributed by atoms with E-state index in [0.29, 0.717) is 13.2 Å². The Balaban J connectivity index is 2.16. The largest absolute Gasteiger partial charge is 0.379 e.